The van der Waals surface area contributed by atoms with E-state index in [1.807, 2.05) is 6.07 Å². The molecule has 8 nitrogen and oxygen atoms in total. The minimum Gasteiger partial charge on any atom is -0.356 e. The van der Waals surface area contributed by atoms with Crippen molar-refractivity contribution < 1.29 is 9.18 Å². The monoisotopic (exact) mass is 405 g/mol. The van der Waals surface area contributed by atoms with Gasteiger partial charge in [-0.2, -0.15) is 10.4 Å². The topological polar surface area (TPSA) is 98.4 Å². The molecule has 2 aromatic heterocycles. The van der Waals surface area contributed by atoms with Crippen LogP contribution in [0.5, 0.6) is 0 Å². The highest BCUT2D eigenvalue weighted by atomic mass is 19.1. The number of carbonyl (C=O) groups excluding carboxylic acids is 1. The zero-order valence-electron chi connectivity index (χ0n) is 16.3. The van der Waals surface area contributed by atoms with E-state index in [9.17, 15) is 9.18 Å². The smallest absolute Gasteiger partial charge is 0.247 e. The molecule has 0 unspecified atom stereocenters. The van der Waals surface area contributed by atoms with Crippen molar-refractivity contribution in [3.05, 3.63) is 47.9 Å². The van der Waals surface area contributed by atoms with E-state index in [4.69, 9.17) is 5.26 Å². The first-order chi connectivity index (χ1) is 14.6. The SMILES string of the molecule is N#Cc1cc(N2CC[C@@H](C(=O)N3N=CC[C@@H]3c3cncc(F)c3)C3(CC3)C2)ncn1. The summed E-state index contributed by atoms with van der Waals surface area (Å²) >= 11 is 0. The van der Waals surface area contributed by atoms with Gasteiger partial charge in [-0.1, -0.05) is 0 Å². The summed E-state index contributed by atoms with van der Waals surface area (Å²) < 4.78 is 13.7. The number of aromatic nitrogens is 3. The average molecular weight is 405 g/mol. The largest absolute Gasteiger partial charge is 0.356 e. The van der Waals surface area contributed by atoms with Gasteiger partial charge in [0.2, 0.25) is 5.91 Å². The molecule has 2 fully saturated rings. The molecule has 3 aliphatic rings. The number of rotatable bonds is 3. The Balaban J connectivity index is 1.35. The van der Waals surface area contributed by atoms with Crippen molar-refractivity contribution in [2.75, 3.05) is 18.0 Å². The van der Waals surface area contributed by atoms with Crippen molar-refractivity contribution in [3.8, 4) is 6.07 Å². The number of nitriles is 1. The zero-order valence-corrected chi connectivity index (χ0v) is 16.3. The van der Waals surface area contributed by atoms with Gasteiger partial charge in [-0.05, 0) is 36.3 Å². The third-order valence-electron chi connectivity index (χ3n) is 6.38. The lowest BCUT2D eigenvalue weighted by atomic mass is 9.81. The van der Waals surface area contributed by atoms with Crippen LogP contribution in [-0.4, -0.2) is 45.2 Å². The number of piperidine rings is 1. The van der Waals surface area contributed by atoms with E-state index < -0.39 is 5.82 Å². The van der Waals surface area contributed by atoms with E-state index in [1.54, 1.807) is 18.5 Å². The lowest BCUT2D eigenvalue weighted by molar-refractivity contribution is -0.140. The molecule has 0 bridgehead atoms. The van der Waals surface area contributed by atoms with Crippen LogP contribution in [0, 0.1) is 28.5 Å². The number of anilines is 1. The average Bonchev–Trinajstić information content (AvgIpc) is 3.34. The van der Waals surface area contributed by atoms with Crippen molar-refractivity contribution in [3.63, 3.8) is 0 Å². The Kier molecular flexibility index (Phi) is 4.42. The molecular formula is C21H20FN7O. The Bertz CT molecular complexity index is 1060. The fourth-order valence-electron chi connectivity index (χ4n) is 4.66. The summed E-state index contributed by atoms with van der Waals surface area (Å²) in [4.78, 5) is 27.8. The number of hydrogen-bond acceptors (Lipinski definition) is 7. The van der Waals surface area contributed by atoms with Gasteiger partial charge in [-0.3, -0.25) is 9.78 Å². The highest BCUT2D eigenvalue weighted by molar-refractivity contribution is 5.83. The summed E-state index contributed by atoms with van der Waals surface area (Å²) in [5, 5.41) is 15.0. The maximum absolute atomic E-state index is 13.7. The molecule has 1 saturated carbocycles. The highest BCUT2D eigenvalue weighted by Gasteiger charge is 2.56. The first-order valence-electron chi connectivity index (χ1n) is 10.0. The third kappa shape index (κ3) is 3.18. The van der Waals surface area contributed by atoms with Crippen LogP contribution in [0.2, 0.25) is 0 Å². The van der Waals surface area contributed by atoms with Gasteiger partial charge in [0.05, 0.1) is 12.2 Å². The van der Waals surface area contributed by atoms with Crippen molar-refractivity contribution in [2.24, 2.45) is 16.4 Å². The van der Waals surface area contributed by atoms with Gasteiger partial charge in [-0.15, -0.1) is 0 Å². The van der Waals surface area contributed by atoms with E-state index in [-0.39, 0.29) is 23.3 Å². The maximum atomic E-state index is 13.7. The van der Waals surface area contributed by atoms with Crippen LogP contribution in [0.3, 0.4) is 0 Å². The summed E-state index contributed by atoms with van der Waals surface area (Å²) in [6.07, 6.45) is 9.06. The van der Waals surface area contributed by atoms with Crippen LogP contribution in [0.25, 0.3) is 0 Å². The molecule has 1 aliphatic carbocycles. The summed E-state index contributed by atoms with van der Waals surface area (Å²) in [7, 11) is 0. The van der Waals surface area contributed by atoms with E-state index in [1.165, 1.54) is 17.4 Å². The van der Waals surface area contributed by atoms with Crippen molar-refractivity contribution in [1.29, 1.82) is 5.26 Å². The second-order valence-electron chi connectivity index (χ2n) is 8.17. The normalized spacial score (nSPS) is 24.1. The molecule has 9 heteroatoms. The van der Waals surface area contributed by atoms with Gasteiger partial charge < -0.3 is 4.90 Å². The van der Waals surface area contributed by atoms with Gasteiger partial charge >= 0.3 is 0 Å². The fourth-order valence-corrected chi connectivity index (χ4v) is 4.66. The molecule has 1 saturated heterocycles. The summed E-state index contributed by atoms with van der Waals surface area (Å²) in [6.45, 7) is 1.39. The van der Waals surface area contributed by atoms with Gasteiger partial charge in [0.25, 0.3) is 0 Å². The number of pyridine rings is 1. The fraction of sp³-hybridized carbons (Fsp3) is 0.429. The number of amides is 1. The molecule has 1 spiro atoms. The standard InChI is InChI=1S/C21H20FN7O/c22-15-7-14(10-24-11-15)18-1-5-27-29(18)20(30)17-2-6-28(12-21(17)3-4-21)19-8-16(9-23)25-13-26-19/h5,7-8,10-11,13,17-18H,1-4,6,12H2/t17-,18+/m0/s1. The van der Waals surface area contributed by atoms with Crippen LogP contribution < -0.4 is 4.90 Å². The van der Waals surface area contributed by atoms with Gasteiger partial charge in [0.15, 0.2) is 0 Å². The molecule has 0 N–H and O–H groups in total. The quantitative estimate of drug-likeness (QED) is 0.778. The van der Waals surface area contributed by atoms with E-state index in [2.05, 4.69) is 25.0 Å². The molecular weight excluding hydrogens is 385 g/mol. The Labute approximate surface area is 173 Å². The first-order valence-corrected chi connectivity index (χ1v) is 10.0. The summed E-state index contributed by atoms with van der Waals surface area (Å²) in [6, 6.07) is 4.85. The second kappa shape index (κ2) is 7.13. The van der Waals surface area contributed by atoms with Crippen LogP contribution in [0.15, 0.2) is 36.0 Å². The molecule has 2 atom stereocenters. The second-order valence-corrected chi connectivity index (χ2v) is 8.17. The van der Waals surface area contributed by atoms with E-state index in [0.717, 1.165) is 31.4 Å². The zero-order chi connectivity index (χ0) is 20.7. The third-order valence-corrected chi connectivity index (χ3v) is 6.38. The van der Waals surface area contributed by atoms with E-state index >= 15 is 0 Å². The number of halogens is 1. The predicted octanol–water partition coefficient (Wildman–Crippen LogP) is 2.45. The highest BCUT2D eigenvalue weighted by Crippen LogP contribution is 2.57. The summed E-state index contributed by atoms with van der Waals surface area (Å²) in [5.41, 5.74) is 0.893. The first kappa shape index (κ1) is 18.6. The van der Waals surface area contributed by atoms with E-state index in [0.29, 0.717) is 30.6 Å². The van der Waals surface area contributed by atoms with Gasteiger partial charge in [-0.25, -0.2) is 19.4 Å². The molecule has 5 rings (SSSR count). The van der Waals surface area contributed by atoms with Gasteiger partial charge in [0.1, 0.15) is 29.7 Å². The summed E-state index contributed by atoms with van der Waals surface area (Å²) in [5.74, 6) is 0.169. The predicted molar refractivity (Wildman–Crippen MR) is 106 cm³/mol. The molecule has 0 radical (unpaired) electrons. The lowest BCUT2D eigenvalue weighted by Gasteiger charge is -2.40. The van der Waals surface area contributed by atoms with Crippen molar-refractivity contribution >= 4 is 17.9 Å². The Morgan fingerprint density at radius 2 is 2.13 bits per heavy atom. The molecule has 2 aliphatic heterocycles. The number of nitrogens with zero attached hydrogens (tertiary/aromatic N) is 7. The van der Waals surface area contributed by atoms with Crippen LogP contribution in [-0.2, 0) is 4.79 Å². The number of hydrazone groups is 1. The molecule has 2 aromatic rings. The molecule has 0 aromatic carbocycles. The molecule has 30 heavy (non-hydrogen) atoms. The Morgan fingerprint density at radius 3 is 2.90 bits per heavy atom. The number of carbonyl (C=O) groups is 1. The maximum Gasteiger partial charge on any atom is 0.247 e. The van der Waals surface area contributed by atoms with Crippen LogP contribution in [0.4, 0.5) is 10.2 Å². The van der Waals surface area contributed by atoms with Crippen molar-refractivity contribution in [2.45, 2.75) is 31.7 Å². The molecule has 1 amide bonds. The minimum absolute atomic E-state index is 0.00411. The minimum atomic E-state index is -0.416. The van der Waals surface area contributed by atoms with Crippen molar-refractivity contribution in [1.82, 2.24) is 20.0 Å². The molecule has 152 valence electrons. The molecule has 4 heterocycles. The van der Waals surface area contributed by atoms with Crippen LogP contribution >= 0.6 is 0 Å². The van der Waals surface area contributed by atoms with Crippen LogP contribution in [0.1, 0.15) is 43.0 Å². The Morgan fingerprint density at radius 1 is 1.27 bits per heavy atom. The lowest BCUT2D eigenvalue weighted by Crippen LogP contribution is -2.48. The van der Waals surface area contributed by atoms with Gasteiger partial charge in [0, 0.05) is 43.9 Å². The number of hydrogen-bond donors (Lipinski definition) is 0. The Hall–Kier alpha value is -3.41.